The van der Waals surface area contributed by atoms with Crippen LogP contribution in [-0.4, -0.2) is 33.0 Å². The minimum atomic E-state index is -1.04. The summed E-state index contributed by atoms with van der Waals surface area (Å²) in [4.78, 5) is 38.2. The van der Waals surface area contributed by atoms with E-state index in [1.807, 2.05) is 0 Å². The molecule has 0 amide bonds. The molecule has 25 heavy (non-hydrogen) atoms. The number of carbonyl (C=O) groups is 2. The van der Waals surface area contributed by atoms with Gasteiger partial charge < -0.3 is 9.72 Å². The molecule has 7 nitrogen and oxygen atoms in total. The molecule has 1 aromatic carbocycles. The number of esters is 1. The molecule has 3 aromatic rings. The van der Waals surface area contributed by atoms with Crippen LogP contribution in [-0.2, 0) is 4.74 Å². The van der Waals surface area contributed by atoms with Gasteiger partial charge in [-0.2, -0.15) is 5.10 Å². The number of aromatic amines is 1. The maximum Gasteiger partial charge on any atom is 0.342 e. The van der Waals surface area contributed by atoms with Crippen LogP contribution in [0.5, 0.6) is 0 Å². The normalized spacial score (nSPS) is 10.8. The first-order valence-corrected chi connectivity index (χ1v) is 7.09. The van der Waals surface area contributed by atoms with Crippen molar-refractivity contribution in [2.24, 2.45) is 0 Å². The second kappa shape index (κ2) is 6.27. The fourth-order valence-electron chi connectivity index (χ4n) is 2.26. The van der Waals surface area contributed by atoms with E-state index < -0.39 is 35.6 Å². The molecular weight excluding hydrogens is 336 g/mol. The Labute approximate surface area is 138 Å². The van der Waals surface area contributed by atoms with E-state index in [1.54, 1.807) is 0 Å². The van der Waals surface area contributed by atoms with E-state index in [1.165, 1.54) is 23.8 Å². The van der Waals surface area contributed by atoms with E-state index in [0.717, 1.165) is 12.3 Å². The predicted octanol–water partition coefficient (Wildman–Crippen LogP) is 1.65. The van der Waals surface area contributed by atoms with Crippen LogP contribution in [0.15, 0.2) is 35.5 Å². The lowest BCUT2D eigenvalue weighted by Gasteiger charge is -2.06. The minimum absolute atomic E-state index is 0.0382. The Hall–Kier alpha value is -3.36. The van der Waals surface area contributed by atoms with Crippen molar-refractivity contribution in [3.63, 3.8) is 0 Å². The van der Waals surface area contributed by atoms with E-state index in [0.29, 0.717) is 6.07 Å². The smallest absolute Gasteiger partial charge is 0.342 e. The van der Waals surface area contributed by atoms with Gasteiger partial charge in [0.1, 0.15) is 22.7 Å². The first-order chi connectivity index (χ1) is 11.9. The molecule has 2 aromatic heterocycles. The van der Waals surface area contributed by atoms with Gasteiger partial charge in [0, 0.05) is 18.5 Å². The van der Waals surface area contributed by atoms with Crippen LogP contribution in [0, 0.1) is 18.6 Å². The Morgan fingerprint density at radius 2 is 2.00 bits per heavy atom. The molecular formula is C16H11F2N3O4. The summed E-state index contributed by atoms with van der Waals surface area (Å²) < 4.78 is 32.9. The monoisotopic (exact) mass is 347 g/mol. The van der Waals surface area contributed by atoms with Crippen LogP contribution in [0.3, 0.4) is 0 Å². The molecule has 0 atom stereocenters. The number of rotatable bonds is 4. The minimum Gasteiger partial charge on any atom is -0.454 e. The van der Waals surface area contributed by atoms with E-state index >= 15 is 0 Å². The molecule has 0 saturated carbocycles. The Morgan fingerprint density at radius 1 is 1.24 bits per heavy atom. The third-order valence-electron chi connectivity index (χ3n) is 3.54. The summed E-state index contributed by atoms with van der Waals surface area (Å²) in [6, 6.07) is 1.63. The molecule has 0 aliphatic rings. The van der Waals surface area contributed by atoms with Crippen molar-refractivity contribution in [1.29, 1.82) is 0 Å². The zero-order valence-electron chi connectivity index (χ0n) is 12.9. The van der Waals surface area contributed by atoms with Crippen LogP contribution < -0.4 is 5.56 Å². The second-order valence-electron chi connectivity index (χ2n) is 5.22. The highest BCUT2D eigenvalue weighted by atomic mass is 19.1. The van der Waals surface area contributed by atoms with Crippen LogP contribution >= 0.6 is 0 Å². The molecule has 0 fully saturated rings. The largest absolute Gasteiger partial charge is 0.454 e. The average molecular weight is 347 g/mol. The number of Topliss-reactive ketones (excluding diaryl/α,β-unsaturated/α-hetero) is 1. The van der Waals surface area contributed by atoms with E-state index in [2.05, 4.69) is 10.1 Å². The van der Waals surface area contributed by atoms with Gasteiger partial charge in [-0.3, -0.25) is 9.59 Å². The van der Waals surface area contributed by atoms with Crippen molar-refractivity contribution in [2.75, 3.05) is 6.61 Å². The van der Waals surface area contributed by atoms with Crippen LogP contribution in [0.25, 0.3) is 5.52 Å². The number of halogens is 2. The Kier molecular flexibility index (Phi) is 4.14. The van der Waals surface area contributed by atoms with Gasteiger partial charge in [-0.25, -0.2) is 18.1 Å². The van der Waals surface area contributed by atoms with Crippen molar-refractivity contribution >= 4 is 17.3 Å². The standard InChI is InChI=1S/C16H11F2N3O4/c1-8-4-9(12(18)5-11(8)17)13(22)7-25-16(24)10-6-20-21-3-2-19-15(23)14(10)21/h2-6H,7H2,1H3,(H,19,23). The zero-order valence-corrected chi connectivity index (χ0v) is 12.9. The van der Waals surface area contributed by atoms with Gasteiger partial charge >= 0.3 is 5.97 Å². The number of hydrogen-bond donors (Lipinski definition) is 1. The van der Waals surface area contributed by atoms with Crippen molar-refractivity contribution in [2.45, 2.75) is 6.92 Å². The number of nitrogens with zero attached hydrogens (tertiary/aromatic N) is 2. The number of ketones is 1. The quantitative estimate of drug-likeness (QED) is 0.572. The van der Waals surface area contributed by atoms with Crippen molar-refractivity contribution in [1.82, 2.24) is 14.6 Å². The fraction of sp³-hybridized carbons (Fsp3) is 0.125. The molecule has 1 N–H and O–H groups in total. The number of aromatic nitrogens is 3. The van der Waals surface area contributed by atoms with Gasteiger partial charge in [-0.05, 0) is 18.6 Å². The predicted molar refractivity (Wildman–Crippen MR) is 81.5 cm³/mol. The number of benzene rings is 1. The van der Waals surface area contributed by atoms with Gasteiger partial charge in [0.25, 0.3) is 5.56 Å². The molecule has 0 saturated heterocycles. The number of carbonyl (C=O) groups excluding carboxylic acids is 2. The molecule has 0 unspecified atom stereocenters. The molecule has 0 bridgehead atoms. The third kappa shape index (κ3) is 3.03. The summed E-state index contributed by atoms with van der Waals surface area (Å²) in [5.74, 6) is -3.62. The van der Waals surface area contributed by atoms with Gasteiger partial charge in [0.2, 0.25) is 5.78 Å². The lowest BCUT2D eigenvalue weighted by molar-refractivity contribution is 0.0475. The highest BCUT2D eigenvalue weighted by Gasteiger charge is 2.20. The van der Waals surface area contributed by atoms with Crippen molar-refractivity contribution in [3.05, 3.63) is 69.4 Å². The highest BCUT2D eigenvalue weighted by Crippen LogP contribution is 2.15. The molecule has 2 heterocycles. The lowest BCUT2D eigenvalue weighted by atomic mass is 10.1. The number of hydrogen-bond acceptors (Lipinski definition) is 5. The van der Waals surface area contributed by atoms with Crippen molar-refractivity contribution in [3.8, 4) is 0 Å². The summed E-state index contributed by atoms with van der Waals surface area (Å²) >= 11 is 0. The summed E-state index contributed by atoms with van der Waals surface area (Å²) in [7, 11) is 0. The molecule has 3 rings (SSSR count). The Morgan fingerprint density at radius 3 is 2.76 bits per heavy atom. The number of aryl methyl sites for hydroxylation is 1. The summed E-state index contributed by atoms with van der Waals surface area (Å²) in [6.07, 6.45) is 3.90. The lowest BCUT2D eigenvalue weighted by Crippen LogP contribution is -2.17. The van der Waals surface area contributed by atoms with Crippen LogP contribution in [0.2, 0.25) is 0 Å². The molecule has 0 aliphatic heterocycles. The maximum absolute atomic E-state index is 13.7. The summed E-state index contributed by atoms with van der Waals surface area (Å²) in [5.41, 5.74) is -1.03. The van der Waals surface area contributed by atoms with E-state index in [4.69, 9.17) is 4.74 Å². The van der Waals surface area contributed by atoms with Crippen molar-refractivity contribution < 1.29 is 23.1 Å². The zero-order chi connectivity index (χ0) is 18.1. The molecule has 0 radical (unpaired) electrons. The first-order valence-electron chi connectivity index (χ1n) is 7.09. The highest BCUT2D eigenvalue weighted by molar-refractivity contribution is 6.01. The summed E-state index contributed by atoms with van der Waals surface area (Å²) in [5, 5.41) is 3.83. The summed E-state index contributed by atoms with van der Waals surface area (Å²) in [6.45, 7) is 0.617. The van der Waals surface area contributed by atoms with E-state index in [-0.39, 0.29) is 22.2 Å². The van der Waals surface area contributed by atoms with Gasteiger partial charge in [0.05, 0.1) is 11.8 Å². The Balaban J connectivity index is 1.79. The SMILES string of the molecule is Cc1cc(C(=O)COC(=O)c2cnn3cc[nH]c(=O)c23)c(F)cc1F. The maximum atomic E-state index is 13.7. The fourth-order valence-corrected chi connectivity index (χ4v) is 2.26. The van der Waals surface area contributed by atoms with Crippen LogP contribution in [0.1, 0.15) is 26.3 Å². The second-order valence-corrected chi connectivity index (χ2v) is 5.22. The van der Waals surface area contributed by atoms with E-state index in [9.17, 15) is 23.2 Å². The van der Waals surface area contributed by atoms with Crippen LogP contribution in [0.4, 0.5) is 8.78 Å². The molecule has 0 spiro atoms. The van der Waals surface area contributed by atoms with Gasteiger partial charge in [0.15, 0.2) is 6.61 Å². The number of ether oxygens (including phenoxy) is 1. The number of fused-ring (bicyclic) bond motifs is 1. The number of nitrogens with one attached hydrogen (secondary N) is 1. The Bertz CT molecular complexity index is 1060. The average Bonchev–Trinajstić information content (AvgIpc) is 3.01. The number of H-pyrrole nitrogens is 1. The molecule has 9 heteroatoms. The topological polar surface area (TPSA) is 93.5 Å². The molecule has 0 aliphatic carbocycles. The molecule has 128 valence electrons. The van der Waals surface area contributed by atoms with Gasteiger partial charge in [-0.15, -0.1) is 0 Å². The van der Waals surface area contributed by atoms with Gasteiger partial charge in [-0.1, -0.05) is 0 Å². The first kappa shape index (κ1) is 16.5. The third-order valence-corrected chi connectivity index (χ3v) is 3.54.